The van der Waals surface area contributed by atoms with Gasteiger partial charge >= 0.3 is 0 Å². The summed E-state index contributed by atoms with van der Waals surface area (Å²) in [6.45, 7) is 2.25. The van der Waals surface area contributed by atoms with Gasteiger partial charge in [-0.05, 0) is 24.5 Å². The number of nitrogens with zero attached hydrogens (tertiary/aromatic N) is 1. The molecule has 12 heavy (non-hydrogen) atoms. The van der Waals surface area contributed by atoms with Gasteiger partial charge in [0.1, 0.15) is 0 Å². The third-order valence-corrected chi connectivity index (χ3v) is 3.79. The van der Waals surface area contributed by atoms with Gasteiger partial charge in [0, 0.05) is 11.7 Å². The number of thioether (sulfide) groups is 1. The summed E-state index contributed by atoms with van der Waals surface area (Å²) in [5.41, 5.74) is 0. The van der Waals surface area contributed by atoms with Crippen LogP contribution in [0.4, 0.5) is 0 Å². The molecule has 1 rings (SSSR count). The van der Waals surface area contributed by atoms with Gasteiger partial charge in [-0.2, -0.15) is 17.0 Å². The van der Waals surface area contributed by atoms with Crippen molar-refractivity contribution in [2.75, 3.05) is 5.75 Å². The fraction of sp³-hybridized carbons (Fsp3) is 0.900. The summed E-state index contributed by atoms with van der Waals surface area (Å²) in [7, 11) is 0. The molecule has 0 aliphatic carbocycles. The van der Waals surface area contributed by atoms with Gasteiger partial charge in [-0.15, -0.1) is 0 Å². The van der Waals surface area contributed by atoms with Crippen molar-refractivity contribution in [2.24, 2.45) is 5.92 Å². The highest BCUT2D eigenvalue weighted by molar-refractivity contribution is 7.99. The van der Waals surface area contributed by atoms with Gasteiger partial charge in [0.05, 0.1) is 6.07 Å². The summed E-state index contributed by atoms with van der Waals surface area (Å²) in [6, 6.07) is 2.28. The monoisotopic (exact) mass is 183 g/mol. The third kappa shape index (κ3) is 3.06. The number of nitriles is 1. The Hall–Kier alpha value is -0.160. The van der Waals surface area contributed by atoms with Crippen LogP contribution < -0.4 is 0 Å². The summed E-state index contributed by atoms with van der Waals surface area (Å²) in [5, 5.41) is 9.21. The molecule has 1 nitrogen and oxygen atoms in total. The molecule has 1 aliphatic rings. The third-order valence-electron chi connectivity index (χ3n) is 2.49. The predicted molar refractivity (Wildman–Crippen MR) is 54.1 cm³/mol. The number of hydrogen-bond donors (Lipinski definition) is 0. The molecule has 1 fully saturated rings. The van der Waals surface area contributed by atoms with E-state index >= 15 is 0 Å². The second-order valence-corrected chi connectivity index (χ2v) is 4.94. The first kappa shape index (κ1) is 9.92. The van der Waals surface area contributed by atoms with Crippen molar-refractivity contribution in [2.45, 2.75) is 44.3 Å². The molecule has 1 aliphatic heterocycles. The molecule has 0 aromatic heterocycles. The van der Waals surface area contributed by atoms with Crippen molar-refractivity contribution in [3.63, 3.8) is 0 Å². The van der Waals surface area contributed by atoms with Crippen molar-refractivity contribution in [1.29, 1.82) is 5.26 Å². The highest BCUT2D eigenvalue weighted by Crippen LogP contribution is 2.33. The molecule has 0 amide bonds. The van der Waals surface area contributed by atoms with Crippen molar-refractivity contribution < 1.29 is 0 Å². The molecule has 0 radical (unpaired) electrons. The van der Waals surface area contributed by atoms with Crippen LogP contribution in [0.2, 0.25) is 0 Å². The van der Waals surface area contributed by atoms with E-state index in [0.717, 1.165) is 12.3 Å². The molecule has 68 valence electrons. The Morgan fingerprint density at radius 3 is 3.08 bits per heavy atom. The zero-order chi connectivity index (χ0) is 8.81. The van der Waals surface area contributed by atoms with Crippen LogP contribution in [0.1, 0.15) is 39.0 Å². The first-order chi connectivity index (χ1) is 5.86. The lowest BCUT2D eigenvalue weighted by Crippen LogP contribution is -2.17. The van der Waals surface area contributed by atoms with E-state index in [1.807, 2.05) is 11.8 Å². The van der Waals surface area contributed by atoms with Crippen LogP contribution in [0.25, 0.3) is 0 Å². The Kier molecular flexibility index (Phi) is 4.53. The maximum atomic E-state index is 8.57. The van der Waals surface area contributed by atoms with Gasteiger partial charge in [-0.1, -0.05) is 19.8 Å². The Labute approximate surface area is 79.5 Å². The van der Waals surface area contributed by atoms with Crippen LogP contribution in [-0.4, -0.2) is 11.0 Å². The second-order valence-electron chi connectivity index (χ2n) is 3.53. The van der Waals surface area contributed by atoms with Gasteiger partial charge in [0.2, 0.25) is 0 Å². The van der Waals surface area contributed by atoms with E-state index in [1.54, 1.807) is 0 Å². The van der Waals surface area contributed by atoms with E-state index in [9.17, 15) is 0 Å². The van der Waals surface area contributed by atoms with E-state index < -0.39 is 0 Å². The fourth-order valence-corrected chi connectivity index (χ4v) is 3.28. The maximum Gasteiger partial charge on any atom is 0.0633 e. The fourth-order valence-electron chi connectivity index (χ4n) is 1.87. The van der Waals surface area contributed by atoms with Crippen LogP contribution in [0.3, 0.4) is 0 Å². The summed E-state index contributed by atoms with van der Waals surface area (Å²) in [4.78, 5) is 0. The van der Waals surface area contributed by atoms with Crippen LogP contribution in [0, 0.1) is 17.2 Å². The zero-order valence-corrected chi connectivity index (χ0v) is 8.57. The van der Waals surface area contributed by atoms with E-state index in [0.29, 0.717) is 5.25 Å². The van der Waals surface area contributed by atoms with Crippen LogP contribution in [0.15, 0.2) is 0 Å². The summed E-state index contributed by atoms with van der Waals surface area (Å²) in [5.74, 6) is 2.19. The molecular formula is C10H17NS. The molecule has 0 spiro atoms. The van der Waals surface area contributed by atoms with Gasteiger partial charge in [0.25, 0.3) is 0 Å². The zero-order valence-electron chi connectivity index (χ0n) is 7.75. The quantitative estimate of drug-likeness (QED) is 0.671. The lowest BCUT2D eigenvalue weighted by atomic mass is 9.94. The predicted octanol–water partition coefficient (Wildman–Crippen LogP) is 3.21. The largest absolute Gasteiger partial charge is 0.198 e. The Balaban J connectivity index is 2.26. The Morgan fingerprint density at radius 2 is 2.42 bits per heavy atom. The molecule has 0 aromatic carbocycles. The SMILES string of the molecule is CCCC1CCSC(CC#N)C1. The molecule has 2 heteroatoms. The van der Waals surface area contributed by atoms with Crippen molar-refractivity contribution in [1.82, 2.24) is 0 Å². The van der Waals surface area contributed by atoms with E-state index in [2.05, 4.69) is 13.0 Å². The van der Waals surface area contributed by atoms with E-state index in [4.69, 9.17) is 5.26 Å². The number of rotatable bonds is 3. The van der Waals surface area contributed by atoms with Crippen molar-refractivity contribution >= 4 is 11.8 Å². The maximum absolute atomic E-state index is 8.57. The molecule has 1 saturated heterocycles. The average Bonchev–Trinajstić information content (AvgIpc) is 2.06. The lowest BCUT2D eigenvalue weighted by Gasteiger charge is -2.26. The van der Waals surface area contributed by atoms with E-state index in [1.165, 1.54) is 31.4 Å². The average molecular weight is 183 g/mol. The van der Waals surface area contributed by atoms with Gasteiger partial charge in [-0.3, -0.25) is 0 Å². The van der Waals surface area contributed by atoms with E-state index in [-0.39, 0.29) is 0 Å². The lowest BCUT2D eigenvalue weighted by molar-refractivity contribution is 0.418. The first-order valence-electron chi connectivity index (χ1n) is 4.85. The standard InChI is InChI=1S/C10H17NS/c1-2-3-9-5-7-12-10(8-9)4-6-11/h9-10H,2-5,7-8H2,1H3. The van der Waals surface area contributed by atoms with Crippen LogP contribution in [-0.2, 0) is 0 Å². The second kappa shape index (κ2) is 5.48. The molecule has 2 unspecified atom stereocenters. The minimum atomic E-state index is 0.639. The molecule has 0 N–H and O–H groups in total. The minimum Gasteiger partial charge on any atom is -0.198 e. The molecule has 1 heterocycles. The summed E-state index contributed by atoms with van der Waals surface area (Å²) < 4.78 is 0. The molecular weight excluding hydrogens is 166 g/mol. The molecule has 0 aromatic rings. The van der Waals surface area contributed by atoms with Gasteiger partial charge in [0.15, 0.2) is 0 Å². The van der Waals surface area contributed by atoms with Crippen LogP contribution in [0.5, 0.6) is 0 Å². The molecule has 0 bridgehead atoms. The van der Waals surface area contributed by atoms with Crippen molar-refractivity contribution in [3.05, 3.63) is 0 Å². The van der Waals surface area contributed by atoms with Crippen molar-refractivity contribution in [3.8, 4) is 6.07 Å². The summed E-state index contributed by atoms with van der Waals surface area (Å²) >= 11 is 1.99. The highest BCUT2D eigenvalue weighted by Gasteiger charge is 2.21. The van der Waals surface area contributed by atoms with Gasteiger partial charge < -0.3 is 0 Å². The Morgan fingerprint density at radius 1 is 1.58 bits per heavy atom. The molecule has 0 saturated carbocycles. The number of hydrogen-bond acceptors (Lipinski definition) is 2. The molecule has 2 atom stereocenters. The highest BCUT2D eigenvalue weighted by atomic mass is 32.2. The Bertz CT molecular complexity index is 160. The topological polar surface area (TPSA) is 23.8 Å². The first-order valence-corrected chi connectivity index (χ1v) is 5.90. The minimum absolute atomic E-state index is 0.639. The van der Waals surface area contributed by atoms with Crippen LogP contribution >= 0.6 is 11.8 Å². The van der Waals surface area contributed by atoms with Gasteiger partial charge in [-0.25, -0.2) is 0 Å². The summed E-state index contributed by atoms with van der Waals surface area (Å²) in [6.07, 6.45) is 6.08. The smallest absolute Gasteiger partial charge is 0.0633 e. The normalized spacial score (nSPS) is 29.7.